The zero-order chi connectivity index (χ0) is 16.9. The molecule has 1 aliphatic rings. The molecule has 6 nitrogen and oxygen atoms in total. The van der Waals surface area contributed by atoms with Crippen LogP contribution in [0.5, 0.6) is 0 Å². The maximum Gasteiger partial charge on any atom is 0.319 e. The predicted octanol–water partition coefficient (Wildman–Crippen LogP) is 2.81. The summed E-state index contributed by atoms with van der Waals surface area (Å²) < 4.78 is 0. The van der Waals surface area contributed by atoms with Crippen LogP contribution in [0.1, 0.15) is 23.5 Å². The number of nitriles is 1. The zero-order valence-corrected chi connectivity index (χ0v) is 12.9. The number of nitrogens with zero attached hydrogens (tertiary/aromatic N) is 1. The fourth-order valence-electron chi connectivity index (χ4n) is 2.70. The van der Waals surface area contributed by atoms with E-state index in [4.69, 9.17) is 5.26 Å². The molecule has 3 rings (SSSR count). The van der Waals surface area contributed by atoms with Gasteiger partial charge in [-0.3, -0.25) is 4.79 Å². The number of nitrogens with one attached hydrogen (secondary N) is 3. The Morgan fingerprint density at radius 1 is 1.17 bits per heavy atom. The minimum Gasteiger partial charge on any atom is -0.338 e. The Morgan fingerprint density at radius 3 is 2.67 bits per heavy atom. The normalized spacial score (nSPS) is 15.1. The number of carbonyl (C=O) groups excluding carboxylic acids is 2. The molecule has 0 fully saturated rings. The lowest BCUT2D eigenvalue weighted by atomic mass is 9.97. The van der Waals surface area contributed by atoms with Gasteiger partial charge in [-0.05, 0) is 42.3 Å². The molecule has 1 aliphatic heterocycles. The molecule has 24 heavy (non-hydrogen) atoms. The van der Waals surface area contributed by atoms with Crippen LogP contribution in [0.15, 0.2) is 48.5 Å². The van der Waals surface area contributed by atoms with Gasteiger partial charge in [0.25, 0.3) is 0 Å². The van der Waals surface area contributed by atoms with Gasteiger partial charge in [0.15, 0.2) is 0 Å². The number of urea groups is 1. The first-order valence-electron chi connectivity index (χ1n) is 7.62. The van der Waals surface area contributed by atoms with Crippen LogP contribution in [0, 0.1) is 11.3 Å². The van der Waals surface area contributed by atoms with Gasteiger partial charge in [-0.25, -0.2) is 4.79 Å². The molecule has 2 aromatic rings. The van der Waals surface area contributed by atoms with Gasteiger partial charge >= 0.3 is 6.03 Å². The molecule has 1 atom stereocenters. The van der Waals surface area contributed by atoms with Crippen molar-refractivity contribution in [2.24, 2.45) is 0 Å². The molecule has 120 valence electrons. The number of benzene rings is 2. The lowest BCUT2D eigenvalue weighted by molar-refractivity contribution is -0.117. The molecule has 0 aromatic heterocycles. The van der Waals surface area contributed by atoms with Crippen molar-refractivity contribution in [1.29, 1.82) is 5.26 Å². The van der Waals surface area contributed by atoms with Crippen LogP contribution in [0.3, 0.4) is 0 Å². The first kappa shape index (κ1) is 15.6. The van der Waals surface area contributed by atoms with E-state index in [-0.39, 0.29) is 17.9 Å². The van der Waals surface area contributed by atoms with Crippen LogP contribution in [0.4, 0.5) is 16.2 Å². The number of carbonyl (C=O) groups is 2. The third-order valence-electron chi connectivity index (χ3n) is 3.90. The van der Waals surface area contributed by atoms with E-state index in [1.54, 1.807) is 24.3 Å². The zero-order valence-electron chi connectivity index (χ0n) is 12.9. The average Bonchev–Trinajstić information content (AvgIpc) is 2.91. The Bertz CT molecular complexity index is 809. The van der Waals surface area contributed by atoms with Crippen molar-refractivity contribution < 1.29 is 9.59 Å². The monoisotopic (exact) mass is 320 g/mol. The Labute approximate surface area is 139 Å². The van der Waals surface area contributed by atoms with E-state index in [9.17, 15) is 9.59 Å². The quantitative estimate of drug-likeness (QED) is 0.808. The van der Waals surface area contributed by atoms with Crippen molar-refractivity contribution >= 4 is 23.3 Å². The number of hydrogen-bond acceptors (Lipinski definition) is 3. The molecular weight excluding hydrogens is 304 g/mol. The van der Waals surface area contributed by atoms with Crippen LogP contribution in [0.25, 0.3) is 0 Å². The Hall–Kier alpha value is -3.33. The van der Waals surface area contributed by atoms with Gasteiger partial charge in [-0.15, -0.1) is 0 Å². The van der Waals surface area contributed by atoms with Crippen molar-refractivity contribution in [3.63, 3.8) is 0 Å². The molecule has 6 heteroatoms. The average molecular weight is 320 g/mol. The van der Waals surface area contributed by atoms with Gasteiger partial charge in [-0.1, -0.05) is 18.2 Å². The van der Waals surface area contributed by atoms with Crippen LogP contribution in [0.2, 0.25) is 0 Å². The number of fused-ring (bicyclic) bond motifs is 1. The molecule has 0 radical (unpaired) electrons. The topological polar surface area (TPSA) is 94.0 Å². The summed E-state index contributed by atoms with van der Waals surface area (Å²) in [6.07, 6.45) is 0.531. The molecule has 0 spiro atoms. The summed E-state index contributed by atoms with van der Waals surface area (Å²) >= 11 is 0. The smallest absolute Gasteiger partial charge is 0.319 e. The maximum absolute atomic E-state index is 12.0. The van der Waals surface area contributed by atoms with Crippen molar-refractivity contribution in [2.75, 3.05) is 17.2 Å². The molecule has 0 bridgehead atoms. The first-order chi connectivity index (χ1) is 11.7. The Balaban J connectivity index is 1.50. The maximum atomic E-state index is 12.0. The third kappa shape index (κ3) is 3.36. The second kappa shape index (κ2) is 6.84. The van der Waals surface area contributed by atoms with Crippen molar-refractivity contribution in [3.05, 3.63) is 59.7 Å². The molecule has 1 unspecified atom stereocenters. The van der Waals surface area contributed by atoms with Gasteiger partial charge in [0.1, 0.15) is 0 Å². The molecule has 0 aliphatic carbocycles. The van der Waals surface area contributed by atoms with Gasteiger partial charge < -0.3 is 16.0 Å². The van der Waals surface area contributed by atoms with Crippen LogP contribution in [-0.4, -0.2) is 18.5 Å². The highest BCUT2D eigenvalue weighted by Crippen LogP contribution is 2.33. The summed E-state index contributed by atoms with van der Waals surface area (Å²) in [5.74, 6) is -0.276. The van der Waals surface area contributed by atoms with Gasteiger partial charge in [0, 0.05) is 17.9 Å². The van der Waals surface area contributed by atoms with E-state index in [0.29, 0.717) is 24.2 Å². The standard InChI is InChI=1S/C18H16N4O2/c19-11-12-5-7-13(8-6-12)21-18(24)20-10-9-15-14-3-1-2-4-16(14)22-17(15)23/h1-8,15H,9-10H2,(H,22,23)(H2,20,21,24). The van der Waals surface area contributed by atoms with E-state index < -0.39 is 0 Å². The molecule has 3 amide bonds. The minimum absolute atomic E-state index is 0.0366. The second-order valence-corrected chi connectivity index (χ2v) is 5.49. The van der Waals surface area contributed by atoms with Gasteiger partial charge in [-0.2, -0.15) is 5.26 Å². The Kier molecular flexibility index (Phi) is 4.43. The summed E-state index contributed by atoms with van der Waals surface area (Å²) in [5.41, 5.74) is 2.95. The molecule has 2 aromatic carbocycles. The lowest BCUT2D eigenvalue weighted by Crippen LogP contribution is -2.31. The van der Waals surface area contributed by atoms with Crippen molar-refractivity contribution in [3.8, 4) is 6.07 Å². The van der Waals surface area contributed by atoms with E-state index in [1.807, 2.05) is 30.3 Å². The van der Waals surface area contributed by atoms with Crippen molar-refractivity contribution in [2.45, 2.75) is 12.3 Å². The van der Waals surface area contributed by atoms with Crippen LogP contribution < -0.4 is 16.0 Å². The minimum atomic E-state index is -0.341. The Morgan fingerprint density at radius 2 is 1.92 bits per heavy atom. The fraction of sp³-hybridized carbons (Fsp3) is 0.167. The summed E-state index contributed by atoms with van der Waals surface area (Å²) in [6.45, 7) is 0.383. The van der Waals surface area contributed by atoms with E-state index in [0.717, 1.165) is 11.3 Å². The molecule has 0 saturated carbocycles. The molecule has 3 N–H and O–H groups in total. The van der Waals surface area contributed by atoms with Gasteiger partial charge in [0.2, 0.25) is 5.91 Å². The molecule has 0 saturated heterocycles. The highest BCUT2D eigenvalue weighted by Gasteiger charge is 2.29. The highest BCUT2D eigenvalue weighted by molar-refractivity contribution is 6.02. The fourth-order valence-corrected chi connectivity index (χ4v) is 2.70. The van der Waals surface area contributed by atoms with E-state index >= 15 is 0 Å². The molecular formula is C18H16N4O2. The summed E-state index contributed by atoms with van der Waals surface area (Å²) in [6, 6.07) is 15.9. The largest absolute Gasteiger partial charge is 0.338 e. The van der Waals surface area contributed by atoms with Crippen LogP contribution >= 0.6 is 0 Å². The SMILES string of the molecule is N#Cc1ccc(NC(=O)NCCC2C(=O)Nc3ccccc32)cc1. The highest BCUT2D eigenvalue weighted by atomic mass is 16.2. The summed E-state index contributed by atoms with van der Waals surface area (Å²) in [5, 5.41) is 17.0. The number of amides is 3. The van der Waals surface area contributed by atoms with E-state index in [2.05, 4.69) is 16.0 Å². The first-order valence-corrected chi connectivity index (χ1v) is 7.62. The lowest BCUT2D eigenvalue weighted by Gasteiger charge is -2.11. The molecule has 1 heterocycles. The van der Waals surface area contributed by atoms with Gasteiger partial charge in [0.05, 0.1) is 17.6 Å². The third-order valence-corrected chi connectivity index (χ3v) is 3.90. The number of rotatable bonds is 4. The van der Waals surface area contributed by atoms with Crippen LogP contribution in [-0.2, 0) is 4.79 Å². The number of hydrogen-bond donors (Lipinski definition) is 3. The summed E-state index contributed by atoms with van der Waals surface area (Å²) in [4.78, 5) is 23.9. The number of para-hydroxylation sites is 1. The second-order valence-electron chi connectivity index (χ2n) is 5.49. The predicted molar refractivity (Wildman–Crippen MR) is 90.6 cm³/mol. The number of anilines is 2. The van der Waals surface area contributed by atoms with E-state index in [1.165, 1.54) is 0 Å². The van der Waals surface area contributed by atoms with Crippen molar-refractivity contribution in [1.82, 2.24) is 5.32 Å². The summed E-state index contributed by atoms with van der Waals surface area (Å²) in [7, 11) is 0.